The maximum Gasteiger partial charge on any atom is 0.302 e. The van der Waals surface area contributed by atoms with Crippen LogP contribution in [0, 0.1) is 0 Å². The SMILES string of the molecule is CC(=O)OCC(Cc1ccccc1)N(C)C. The second-order valence-corrected chi connectivity index (χ2v) is 4.11. The monoisotopic (exact) mass is 221 g/mol. The number of esters is 1. The molecule has 0 amide bonds. The first kappa shape index (κ1) is 12.7. The Morgan fingerprint density at radius 1 is 1.31 bits per heavy atom. The Labute approximate surface area is 97.0 Å². The van der Waals surface area contributed by atoms with Crippen LogP contribution in [-0.2, 0) is 16.0 Å². The van der Waals surface area contributed by atoms with Gasteiger partial charge in [-0.05, 0) is 26.1 Å². The molecule has 0 aliphatic rings. The molecular weight excluding hydrogens is 202 g/mol. The summed E-state index contributed by atoms with van der Waals surface area (Å²) in [6, 6.07) is 10.4. The second kappa shape index (κ2) is 6.28. The van der Waals surface area contributed by atoms with E-state index in [0.29, 0.717) is 6.61 Å². The van der Waals surface area contributed by atoms with Gasteiger partial charge in [-0.1, -0.05) is 30.3 Å². The molecule has 1 aromatic carbocycles. The van der Waals surface area contributed by atoms with Crippen molar-refractivity contribution in [2.24, 2.45) is 0 Å². The van der Waals surface area contributed by atoms with Gasteiger partial charge in [-0.15, -0.1) is 0 Å². The minimum atomic E-state index is -0.222. The summed E-state index contributed by atoms with van der Waals surface area (Å²) in [6.07, 6.45) is 0.890. The lowest BCUT2D eigenvalue weighted by atomic mass is 10.1. The number of rotatable bonds is 5. The minimum Gasteiger partial charge on any atom is -0.464 e. The molecule has 0 heterocycles. The van der Waals surface area contributed by atoms with E-state index >= 15 is 0 Å². The van der Waals surface area contributed by atoms with Crippen LogP contribution in [0.4, 0.5) is 0 Å². The Bertz CT molecular complexity index is 322. The Morgan fingerprint density at radius 2 is 1.94 bits per heavy atom. The van der Waals surface area contributed by atoms with Crippen LogP contribution >= 0.6 is 0 Å². The maximum atomic E-state index is 10.8. The van der Waals surface area contributed by atoms with E-state index < -0.39 is 0 Å². The average Bonchev–Trinajstić information content (AvgIpc) is 2.25. The van der Waals surface area contributed by atoms with Gasteiger partial charge in [-0.25, -0.2) is 0 Å². The van der Waals surface area contributed by atoms with Crippen molar-refractivity contribution in [2.45, 2.75) is 19.4 Å². The topological polar surface area (TPSA) is 29.5 Å². The van der Waals surface area contributed by atoms with Crippen LogP contribution in [-0.4, -0.2) is 37.6 Å². The molecule has 0 aliphatic carbocycles. The number of ether oxygens (including phenoxy) is 1. The lowest BCUT2D eigenvalue weighted by molar-refractivity contribution is -0.142. The minimum absolute atomic E-state index is 0.222. The van der Waals surface area contributed by atoms with Crippen molar-refractivity contribution < 1.29 is 9.53 Å². The number of hydrogen-bond donors (Lipinski definition) is 0. The molecule has 16 heavy (non-hydrogen) atoms. The molecule has 3 heteroatoms. The molecule has 0 aromatic heterocycles. The fourth-order valence-electron chi connectivity index (χ4n) is 1.49. The second-order valence-electron chi connectivity index (χ2n) is 4.11. The van der Waals surface area contributed by atoms with Crippen LogP contribution in [0.1, 0.15) is 12.5 Å². The third-order valence-corrected chi connectivity index (χ3v) is 2.52. The summed E-state index contributed by atoms with van der Waals surface area (Å²) in [4.78, 5) is 12.9. The van der Waals surface area contributed by atoms with Crippen molar-refractivity contribution in [3.8, 4) is 0 Å². The highest BCUT2D eigenvalue weighted by Gasteiger charge is 2.13. The van der Waals surface area contributed by atoms with Crippen molar-refractivity contribution in [1.82, 2.24) is 4.90 Å². The lowest BCUT2D eigenvalue weighted by Gasteiger charge is -2.23. The predicted octanol–water partition coefficient (Wildman–Crippen LogP) is 1.72. The fourth-order valence-corrected chi connectivity index (χ4v) is 1.49. The van der Waals surface area contributed by atoms with Gasteiger partial charge in [-0.3, -0.25) is 4.79 Å². The number of likely N-dealkylation sites (N-methyl/N-ethyl adjacent to an activating group) is 1. The van der Waals surface area contributed by atoms with Gasteiger partial charge in [0.1, 0.15) is 6.61 Å². The van der Waals surface area contributed by atoms with Crippen molar-refractivity contribution in [3.05, 3.63) is 35.9 Å². The quantitative estimate of drug-likeness (QED) is 0.709. The van der Waals surface area contributed by atoms with E-state index in [-0.39, 0.29) is 12.0 Å². The van der Waals surface area contributed by atoms with Crippen molar-refractivity contribution >= 4 is 5.97 Å². The van der Waals surface area contributed by atoms with Crippen molar-refractivity contribution in [1.29, 1.82) is 0 Å². The summed E-state index contributed by atoms with van der Waals surface area (Å²) in [5, 5.41) is 0. The van der Waals surface area contributed by atoms with E-state index in [2.05, 4.69) is 17.0 Å². The van der Waals surface area contributed by atoms with Crippen molar-refractivity contribution in [3.63, 3.8) is 0 Å². The van der Waals surface area contributed by atoms with Crippen LogP contribution in [0.15, 0.2) is 30.3 Å². The first-order valence-electron chi connectivity index (χ1n) is 5.43. The van der Waals surface area contributed by atoms with E-state index in [1.54, 1.807) is 0 Å². The van der Waals surface area contributed by atoms with Gasteiger partial charge in [0.15, 0.2) is 0 Å². The number of nitrogens with zero attached hydrogens (tertiary/aromatic N) is 1. The zero-order valence-corrected chi connectivity index (χ0v) is 10.1. The van der Waals surface area contributed by atoms with Crippen molar-refractivity contribution in [2.75, 3.05) is 20.7 Å². The van der Waals surface area contributed by atoms with Gasteiger partial charge in [-0.2, -0.15) is 0 Å². The molecule has 0 spiro atoms. The fraction of sp³-hybridized carbons (Fsp3) is 0.462. The van der Waals surface area contributed by atoms with Gasteiger partial charge in [0.25, 0.3) is 0 Å². The molecule has 3 nitrogen and oxygen atoms in total. The number of carbonyl (C=O) groups is 1. The van der Waals surface area contributed by atoms with Crippen LogP contribution in [0.3, 0.4) is 0 Å². The molecule has 88 valence electrons. The van der Waals surface area contributed by atoms with Gasteiger partial charge in [0, 0.05) is 13.0 Å². The molecule has 0 bridgehead atoms. The van der Waals surface area contributed by atoms with E-state index in [4.69, 9.17) is 4.74 Å². The molecule has 0 saturated carbocycles. The van der Waals surface area contributed by atoms with E-state index in [9.17, 15) is 4.79 Å². The highest BCUT2D eigenvalue weighted by atomic mass is 16.5. The zero-order valence-electron chi connectivity index (χ0n) is 10.1. The standard InChI is InChI=1S/C13H19NO2/c1-11(15)16-10-13(14(2)3)9-12-7-5-4-6-8-12/h4-8,13H,9-10H2,1-3H3. The Balaban J connectivity index is 2.54. The molecule has 1 aromatic rings. The van der Waals surface area contributed by atoms with Crippen LogP contribution < -0.4 is 0 Å². The molecule has 1 rings (SSSR count). The normalized spacial score (nSPS) is 12.5. The first-order chi connectivity index (χ1) is 7.59. The van der Waals surface area contributed by atoms with Crippen LogP contribution in [0.5, 0.6) is 0 Å². The highest BCUT2D eigenvalue weighted by molar-refractivity contribution is 5.65. The number of hydrogen-bond acceptors (Lipinski definition) is 3. The van der Waals surface area contributed by atoms with E-state index in [1.807, 2.05) is 32.3 Å². The summed E-state index contributed by atoms with van der Waals surface area (Å²) in [5.74, 6) is -0.222. The summed E-state index contributed by atoms with van der Waals surface area (Å²) in [5.41, 5.74) is 1.26. The van der Waals surface area contributed by atoms with Crippen LogP contribution in [0.25, 0.3) is 0 Å². The van der Waals surface area contributed by atoms with E-state index in [1.165, 1.54) is 12.5 Å². The largest absolute Gasteiger partial charge is 0.464 e. The zero-order chi connectivity index (χ0) is 12.0. The first-order valence-corrected chi connectivity index (χ1v) is 5.43. The summed E-state index contributed by atoms with van der Waals surface area (Å²) in [7, 11) is 3.99. The van der Waals surface area contributed by atoms with Gasteiger partial charge in [0.05, 0.1) is 0 Å². The van der Waals surface area contributed by atoms with Gasteiger partial charge >= 0.3 is 5.97 Å². The Kier molecular flexibility index (Phi) is 4.99. The molecule has 0 radical (unpaired) electrons. The molecule has 0 fully saturated rings. The molecule has 0 aliphatic heterocycles. The molecule has 0 saturated heterocycles. The maximum absolute atomic E-state index is 10.8. The summed E-state index contributed by atoms with van der Waals surface area (Å²) in [6.45, 7) is 1.88. The predicted molar refractivity (Wildman–Crippen MR) is 64.3 cm³/mol. The third-order valence-electron chi connectivity index (χ3n) is 2.52. The molecule has 1 unspecified atom stereocenters. The molecular formula is C13H19NO2. The Morgan fingerprint density at radius 3 is 2.44 bits per heavy atom. The molecule has 1 atom stereocenters. The van der Waals surface area contributed by atoms with Gasteiger partial charge < -0.3 is 9.64 Å². The third kappa shape index (κ3) is 4.45. The van der Waals surface area contributed by atoms with Crippen LogP contribution in [0.2, 0.25) is 0 Å². The van der Waals surface area contributed by atoms with Gasteiger partial charge in [0.2, 0.25) is 0 Å². The van der Waals surface area contributed by atoms with E-state index in [0.717, 1.165) is 6.42 Å². The summed E-state index contributed by atoms with van der Waals surface area (Å²) >= 11 is 0. The number of carbonyl (C=O) groups excluding carboxylic acids is 1. The lowest BCUT2D eigenvalue weighted by Crippen LogP contribution is -2.35. The number of benzene rings is 1. The Hall–Kier alpha value is -1.35. The summed E-state index contributed by atoms with van der Waals surface area (Å²) < 4.78 is 5.06. The average molecular weight is 221 g/mol. The highest BCUT2D eigenvalue weighted by Crippen LogP contribution is 2.07. The molecule has 0 N–H and O–H groups in total. The smallest absolute Gasteiger partial charge is 0.302 e.